The van der Waals surface area contributed by atoms with E-state index in [1.807, 2.05) is 4.90 Å². The number of amides is 1. The number of benzene rings is 1. The summed E-state index contributed by atoms with van der Waals surface area (Å²) >= 11 is 2.97. The van der Waals surface area contributed by atoms with Crippen LogP contribution in [0.1, 0.15) is 10.4 Å². The van der Waals surface area contributed by atoms with Crippen molar-refractivity contribution < 1.29 is 13.6 Å². The first-order valence-corrected chi connectivity index (χ1v) is 8.41. The summed E-state index contributed by atoms with van der Waals surface area (Å²) in [7, 11) is 0. The molecule has 110 valence electrons. The Morgan fingerprint density at radius 1 is 1.29 bits per heavy atom. The number of hydrogen-bond acceptors (Lipinski definition) is 3. The fourth-order valence-electron chi connectivity index (χ4n) is 2.26. The Hall–Kier alpha value is -1.40. The van der Waals surface area contributed by atoms with Crippen molar-refractivity contribution in [2.24, 2.45) is 0 Å². The lowest BCUT2D eigenvalue weighted by atomic mass is 10.1. The average molecular weight is 325 g/mol. The molecule has 0 radical (unpaired) electrons. The minimum absolute atomic E-state index is 0.0292. The summed E-state index contributed by atoms with van der Waals surface area (Å²) in [6, 6.07) is 5.76. The Balaban J connectivity index is 1.58. The molecule has 1 amide bonds. The van der Waals surface area contributed by atoms with E-state index in [4.69, 9.17) is 0 Å². The van der Waals surface area contributed by atoms with Crippen molar-refractivity contribution in [3.8, 4) is 0 Å². The normalized spacial score (nSPS) is 14.1. The Morgan fingerprint density at radius 2 is 2.14 bits per heavy atom. The van der Waals surface area contributed by atoms with Gasteiger partial charge >= 0.3 is 0 Å². The molecule has 6 heteroatoms. The molecule has 1 aromatic carbocycles. The number of thiophene rings is 1. The molecule has 0 unspecified atom stereocenters. The third-order valence-electron chi connectivity index (χ3n) is 3.41. The Kier molecular flexibility index (Phi) is 4.26. The maximum absolute atomic E-state index is 13.1. The summed E-state index contributed by atoms with van der Waals surface area (Å²) in [5, 5.41) is 2.05. The van der Waals surface area contributed by atoms with Crippen LogP contribution in [0.2, 0.25) is 0 Å². The largest absolute Gasteiger partial charge is 0.337 e. The standard InChI is InChI=1S/C15H13F2NOS2/c16-12-2-1-11(7-13(12)17)21-9-15(19)18-5-3-14-10(8-18)4-6-20-14/h1-2,4,6-7H,3,5,8-9H2. The number of halogens is 2. The highest BCUT2D eigenvalue weighted by molar-refractivity contribution is 8.00. The molecule has 1 aliphatic rings. The van der Waals surface area contributed by atoms with Gasteiger partial charge in [0.2, 0.25) is 5.91 Å². The summed E-state index contributed by atoms with van der Waals surface area (Å²) < 4.78 is 25.9. The molecule has 0 aliphatic carbocycles. The number of thioether (sulfide) groups is 1. The lowest BCUT2D eigenvalue weighted by Crippen LogP contribution is -2.36. The summed E-state index contributed by atoms with van der Waals surface area (Å²) in [5.74, 6) is -1.48. The first-order chi connectivity index (χ1) is 10.1. The van der Waals surface area contributed by atoms with E-state index in [0.29, 0.717) is 11.4 Å². The first-order valence-electron chi connectivity index (χ1n) is 6.54. The predicted molar refractivity (Wildman–Crippen MR) is 80.5 cm³/mol. The summed E-state index contributed by atoms with van der Waals surface area (Å²) in [6.07, 6.45) is 0.897. The van der Waals surface area contributed by atoms with Gasteiger partial charge in [0, 0.05) is 22.9 Å². The van der Waals surface area contributed by atoms with E-state index in [2.05, 4.69) is 11.4 Å². The van der Waals surface area contributed by atoms with E-state index in [0.717, 1.165) is 25.1 Å². The van der Waals surface area contributed by atoms with Crippen molar-refractivity contribution in [1.29, 1.82) is 0 Å². The molecule has 1 aromatic heterocycles. The van der Waals surface area contributed by atoms with E-state index < -0.39 is 11.6 Å². The van der Waals surface area contributed by atoms with Gasteiger partial charge in [0.1, 0.15) is 0 Å². The fourth-order valence-corrected chi connectivity index (χ4v) is 3.98. The number of nitrogens with zero attached hydrogens (tertiary/aromatic N) is 1. The minimum atomic E-state index is -0.881. The van der Waals surface area contributed by atoms with E-state index in [9.17, 15) is 13.6 Å². The zero-order valence-corrected chi connectivity index (χ0v) is 12.8. The lowest BCUT2D eigenvalue weighted by Gasteiger charge is -2.26. The molecule has 0 fully saturated rings. The van der Waals surface area contributed by atoms with Gasteiger partial charge in [-0.05, 0) is 41.6 Å². The van der Waals surface area contributed by atoms with Gasteiger partial charge < -0.3 is 4.90 Å². The summed E-state index contributed by atoms with van der Waals surface area (Å²) in [6.45, 7) is 1.38. The van der Waals surface area contributed by atoms with Gasteiger partial charge in [-0.15, -0.1) is 23.1 Å². The summed E-state index contributed by atoms with van der Waals surface area (Å²) in [4.78, 5) is 15.9. The van der Waals surface area contributed by atoms with E-state index in [-0.39, 0.29) is 11.7 Å². The topological polar surface area (TPSA) is 20.3 Å². The molecule has 0 spiro atoms. The molecule has 0 bridgehead atoms. The third-order valence-corrected chi connectivity index (χ3v) is 5.42. The zero-order valence-electron chi connectivity index (χ0n) is 11.1. The van der Waals surface area contributed by atoms with Crippen LogP contribution in [0.25, 0.3) is 0 Å². The lowest BCUT2D eigenvalue weighted by molar-refractivity contribution is -0.129. The van der Waals surface area contributed by atoms with Crippen LogP contribution in [0.5, 0.6) is 0 Å². The molecule has 0 saturated carbocycles. The van der Waals surface area contributed by atoms with Crippen LogP contribution in [-0.2, 0) is 17.8 Å². The molecular weight excluding hydrogens is 312 g/mol. The monoisotopic (exact) mass is 325 g/mol. The van der Waals surface area contributed by atoms with Gasteiger partial charge in [-0.3, -0.25) is 4.79 Å². The Labute approximate surface area is 129 Å². The second-order valence-corrected chi connectivity index (χ2v) is 6.85. The zero-order chi connectivity index (χ0) is 14.8. The van der Waals surface area contributed by atoms with Crippen molar-refractivity contribution in [2.75, 3.05) is 12.3 Å². The molecular formula is C15H13F2NOS2. The van der Waals surface area contributed by atoms with Gasteiger partial charge in [0.05, 0.1) is 5.75 Å². The van der Waals surface area contributed by atoms with Crippen molar-refractivity contribution in [3.63, 3.8) is 0 Å². The number of rotatable bonds is 3. The van der Waals surface area contributed by atoms with Gasteiger partial charge in [-0.25, -0.2) is 8.78 Å². The molecule has 0 saturated heterocycles. The van der Waals surface area contributed by atoms with E-state index in [1.54, 1.807) is 11.3 Å². The van der Waals surface area contributed by atoms with Crippen molar-refractivity contribution >= 4 is 29.0 Å². The highest BCUT2D eigenvalue weighted by Crippen LogP contribution is 2.26. The van der Waals surface area contributed by atoms with E-state index in [1.165, 1.54) is 28.3 Å². The Bertz CT molecular complexity index is 671. The molecule has 0 N–H and O–H groups in total. The van der Waals surface area contributed by atoms with Crippen LogP contribution in [0.3, 0.4) is 0 Å². The molecule has 21 heavy (non-hydrogen) atoms. The predicted octanol–water partition coefficient (Wildman–Crippen LogP) is 3.70. The second-order valence-electron chi connectivity index (χ2n) is 4.80. The quantitative estimate of drug-likeness (QED) is 0.802. The number of fused-ring (bicyclic) bond motifs is 1. The fraction of sp³-hybridized carbons (Fsp3) is 0.267. The number of carbonyl (C=O) groups is 1. The third kappa shape index (κ3) is 3.27. The molecule has 3 rings (SSSR count). The van der Waals surface area contributed by atoms with Crippen LogP contribution in [0.15, 0.2) is 34.5 Å². The maximum atomic E-state index is 13.1. The molecule has 1 aliphatic heterocycles. The van der Waals surface area contributed by atoms with Gasteiger partial charge in [0.15, 0.2) is 11.6 Å². The Morgan fingerprint density at radius 3 is 2.95 bits per heavy atom. The average Bonchev–Trinajstić information content (AvgIpc) is 2.95. The van der Waals surface area contributed by atoms with Crippen LogP contribution >= 0.6 is 23.1 Å². The highest BCUT2D eigenvalue weighted by Gasteiger charge is 2.21. The molecule has 2 heterocycles. The number of hydrogen-bond donors (Lipinski definition) is 0. The van der Waals surface area contributed by atoms with Gasteiger partial charge in [-0.2, -0.15) is 0 Å². The maximum Gasteiger partial charge on any atom is 0.233 e. The van der Waals surface area contributed by atoms with Crippen molar-refractivity contribution in [2.45, 2.75) is 17.9 Å². The second kappa shape index (κ2) is 6.15. The molecule has 2 nitrogen and oxygen atoms in total. The molecule has 2 aromatic rings. The van der Waals surface area contributed by atoms with E-state index >= 15 is 0 Å². The number of carbonyl (C=O) groups excluding carboxylic acids is 1. The van der Waals surface area contributed by atoms with Crippen LogP contribution in [-0.4, -0.2) is 23.1 Å². The van der Waals surface area contributed by atoms with Gasteiger partial charge in [0.25, 0.3) is 0 Å². The highest BCUT2D eigenvalue weighted by atomic mass is 32.2. The van der Waals surface area contributed by atoms with Crippen LogP contribution in [0.4, 0.5) is 8.78 Å². The first kappa shape index (κ1) is 14.5. The van der Waals surface area contributed by atoms with Crippen LogP contribution < -0.4 is 0 Å². The van der Waals surface area contributed by atoms with Crippen molar-refractivity contribution in [3.05, 3.63) is 51.7 Å². The molecule has 0 atom stereocenters. The smallest absolute Gasteiger partial charge is 0.233 e. The van der Waals surface area contributed by atoms with Gasteiger partial charge in [-0.1, -0.05) is 0 Å². The summed E-state index contributed by atoms with van der Waals surface area (Å²) in [5.41, 5.74) is 1.22. The van der Waals surface area contributed by atoms with Crippen molar-refractivity contribution in [1.82, 2.24) is 4.90 Å². The minimum Gasteiger partial charge on any atom is -0.337 e. The van der Waals surface area contributed by atoms with Crippen LogP contribution in [0, 0.1) is 11.6 Å². The SMILES string of the molecule is O=C(CSc1ccc(F)c(F)c1)N1CCc2sccc2C1.